The van der Waals surface area contributed by atoms with Crippen molar-refractivity contribution in [3.05, 3.63) is 70.2 Å². The molecule has 8 heteroatoms. The third kappa shape index (κ3) is 5.02. The van der Waals surface area contributed by atoms with Crippen molar-refractivity contribution in [2.24, 2.45) is 0 Å². The van der Waals surface area contributed by atoms with E-state index in [0.29, 0.717) is 29.6 Å². The van der Waals surface area contributed by atoms with E-state index in [0.717, 1.165) is 42.7 Å². The first-order valence-corrected chi connectivity index (χ1v) is 11.4. The van der Waals surface area contributed by atoms with Crippen LogP contribution in [0, 0.1) is 0 Å². The van der Waals surface area contributed by atoms with Crippen LogP contribution in [-0.4, -0.2) is 27.8 Å². The Morgan fingerprint density at radius 2 is 2.06 bits per heavy atom. The summed E-state index contributed by atoms with van der Waals surface area (Å²) in [5, 5.41) is 3.55. The molecule has 2 heterocycles. The lowest BCUT2D eigenvalue weighted by Gasteiger charge is -2.22. The van der Waals surface area contributed by atoms with Crippen molar-refractivity contribution in [1.29, 1.82) is 0 Å². The molecule has 0 aliphatic heterocycles. The summed E-state index contributed by atoms with van der Waals surface area (Å²) in [6.45, 7) is 2.80. The highest BCUT2D eigenvalue weighted by Crippen LogP contribution is 2.29. The van der Waals surface area contributed by atoms with Crippen molar-refractivity contribution in [2.45, 2.75) is 44.2 Å². The molecule has 31 heavy (non-hydrogen) atoms. The third-order valence-electron chi connectivity index (χ3n) is 5.15. The van der Waals surface area contributed by atoms with Crippen molar-refractivity contribution >= 4 is 23.4 Å². The van der Waals surface area contributed by atoms with Gasteiger partial charge in [0, 0.05) is 11.3 Å². The number of aromatic nitrogens is 2. The summed E-state index contributed by atoms with van der Waals surface area (Å²) >= 11 is 1.31. The number of carbonyl (C=O) groups excluding carboxylic acids is 1. The second-order valence-corrected chi connectivity index (χ2v) is 8.23. The Hall–Kier alpha value is -3.00. The first kappa shape index (κ1) is 21.2. The van der Waals surface area contributed by atoms with Gasteiger partial charge in [-0.3, -0.25) is 9.36 Å². The monoisotopic (exact) mass is 439 g/mol. The lowest BCUT2D eigenvalue weighted by Crippen LogP contribution is -2.30. The van der Waals surface area contributed by atoms with Crippen LogP contribution in [0.1, 0.15) is 36.8 Å². The molecule has 2 aromatic heterocycles. The first-order chi connectivity index (χ1) is 15.2. The van der Waals surface area contributed by atoms with E-state index in [-0.39, 0.29) is 17.3 Å². The SMILES string of the molecule is CCOc1ccccc1NC(=O)CSc1nc(=O)n(Cc2ccco2)c2c1CCCC2. The number of anilines is 1. The number of benzene rings is 1. The molecular weight excluding hydrogens is 414 g/mol. The zero-order valence-electron chi connectivity index (χ0n) is 17.4. The minimum atomic E-state index is -0.304. The average molecular weight is 440 g/mol. The summed E-state index contributed by atoms with van der Waals surface area (Å²) in [4.78, 5) is 29.7. The Morgan fingerprint density at radius 3 is 2.87 bits per heavy atom. The highest BCUT2D eigenvalue weighted by Gasteiger charge is 2.22. The topological polar surface area (TPSA) is 86.4 Å². The van der Waals surface area contributed by atoms with Crippen molar-refractivity contribution < 1.29 is 13.9 Å². The van der Waals surface area contributed by atoms with Gasteiger partial charge in [0.05, 0.1) is 30.9 Å². The molecule has 0 saturated carbocycles. The molecule has 0 fully saturated rings. The Balaban J connectivity index is 1.50. The summed E-state index contributed by atoms with van der Waals surface area (Å²) in [7, 11) is 0. The molecule has 4 rings (SSSR count). The number of carbonyl (C=O) groups is 1. The fourth-order valence-electron chi connectivity index (χ4n) is 3.76. The molecule has 1 amide bonds. The number of fused-ring (bicyclic) bond motifs is 1. The van der Waals surface area contributed by atoms with Crippen LogP contribution in [0.5, 0.6) is 5.75 Å². The smallest absolute Gasteiger partial charge is 0.349 e. The van der Waals surface area contributed by atoms with E-state index in [4.69, 9.17) is 9.15 Å². The van der Waals surface area contributed by atoms with Gasteiger partial charge in [-0.15, -0.1) is 0 Å². The third-order valence-corrected chi connectivity index (χ3v) is 6.16. The molecule has 0 spiro atoms. The zero-order chi connectivity index (χ0) is 21.6. The summed E-state index contributed by atoms with van der Waals surface area (Å²) in [6.07, 6.45) is 5.38. The normalized spacial score (nSPS) is 12.9. The standard InChI is InChI=1S/C23H25N3O4S/c1-2-29-20-12-6-4-10-18(20)24-21(27)15-31-22-17-9-3-5-11-19(17)26(23(28)25-22)14-16-8-7-13-30-16/h4,6-8,10,12-13H,2-3,5,9,11,14-15H2,1H3,(H,24,27). The van der Waals surface area contributed by atoms with Gasteiger partial charge in [-0.05, 0) is 56.9 Å². The first-order valence-electron chi connectivity index (χ1n) is 10.4. The highest BCUT2D eigenvalue weighted by atomic mass is 32.2. The van der Waals surface area contributed by atoms with Crippen LogP contribution in [-0.2, 0) is 24.2 Å². The molecule has 1 aliphatic carbocycles. The molecule has 3 aromatic rings. The average Bonchev–Trinajstić information content (AvgIpc) is 3.29. The minimum absolute atomic E-state index is 0.164. The van der Waals surface area contributed by atoms with E-state index < -0.39 is 0 Å². The van der Waals surface area contributed by atoms with Crippen LogP contribution in [0.2, 0.25) is 0 Å². The Morgan fingerprint density at radius 1 is 1.23 bits per heavy atom. The fraction of sp³-hybridized carbons (Fsp3) is 0.348. The van der Waals surface area contributed by atoms with Gasteiger partial charge in [0.2, 0.25) is 5.91 Å². The number of amides is 1. The van der Waals surface area contributed by atoms with Gasteiger partial charge in [0.1, 0.15) is 16.5 Å². The Bertz CT molecular complexity index is 1110. The maximum atomic E-state index is 12.8. The lowest BCUT2D eigenvalue weighted by atomic mass is 9.97. The van der Waals surface area contributed by atoms with Crippen molar-refractivity contribution in [1.82, 2.24) is 9.55 Å². The maximum Gasteiger partial charge on any atom is 0.349 e. The fourth-order valence-corrected chi connectivity index (χ4v) is 4.64. The summed E-state index contributed by atoms with van der Waals surface area (Å²) in [5.74, 6) is 1.37. The zero-order valence-corrected chi connectivity index (χ0v) is 18.2. The van der Waals surface area contributed by atoms with Gasteiger partial charge in [-0.25, -0.2) is 4.79 Å². The second-order valence-electron chi connectivity index (χ2n) is 7.26. The molecule has 162 valence electrons. The predicted octanol–water partition coefficient (Wildman–Crippen LogP) is 3.89. The molecule has 0 bridgehead atoms. The Labute approximate surface area is 184 Å². The number of hydrogen-bond donors (Lipinski definition) is 1. The number of rotatable bonds is 8. The molecule has 0 radical (unpaired) electrons. The Kier molecular flexibility index (Phi) is 6.76. The molecular formula is C23H25N3O4S. The van der Waals surface area contributed by atoms with Crippen LogP contribution in [0.15, 0.2) is 56.9 Å². The molecule has 1 aliphatic rings. The van der Waals surface area contributed by atoms with Crippen LogP contribution in [0.3, 0.4) is 0 Å². The van der Waals surface area contributed by atoms with Gasteiger partial charge in [-0.1, -0.05) is 23.9 Å². The number of thioether (sulfide) groups is 1. The predicted molar refractivity (Wildman–Crippen MR) is 120 cm³/mol. The largest absolute Gasteiger partial charge is 0.492 e. The lowest BCUT2D eigenvalue weighted by molar-refractivity contribution is -0.113. The van der Waals surface area contributed by atoms with Crippen LogP contribution >= 0.6 is 11.8 Å². The molecule has 1 N–H and O–H groups in total. The van der Waals surface area contributed by atoms with E-state index in [9.17, 15) is 9.59 Å². The molecule has 0 atom stereocenters. The maximum absolute atomic E-state index is 12.8. The van der Waals surface area contributed by atoms with Crippen LogP contribution < -0.4 is 15.7 Å². The van der Waals surface area contributed by atoms with Gasteiger partial charge in [0.15, 0.2) is 0 Å². The van der Waals surface area contributed by atoms with Crippen LogP contribution in [0.4, 0.5) is 5.69 Å². The molecule has 0 saturated heterocycles. The quantitative estimate of drug-likeness (QED) is 0.423. The van der Waals surface area contributed by atoms with E-state index in [2.05, 4.69) is 10.3 Å². The number of nitrogens with one attached hydrogen (secondary N) is 1. The van der Waals surface area contributed by atoms with Gasteiger partial charge >= 0.3 is 5.69 Å². The van der Waals surface area contributed by atoms with E-state index in [1.807, 2.05) is 43.3 Å². The van der Waals surface area contributed by atoms with E-state index in [1.54, 1.807) is 10.8 Å². The molecule has 7 nitrogen and oxygen atoms in total. The summed E-state index contributed by atoms with van der Waals surface area (Å²) in [5.41, 5.74) is 2.41. The number of ether oxygens (including phenoxy) is 1. The van der Waals surface area contributed by atoms with Crippen molar-refractivity contribution in [2.75, 3.05) is 17.7 Å². The van der Waals surface area contributed by atoms with Crippen LogP contribution in [0.25, 0.3) is 0 Å². The summed E-state index contributed by atoms with van der Waals surface area (Å²) < 4.78 is 12.7. The van der Waals surface area contributed by atoms with Crippen molar-refractivity contribution in [3.63, 3.8) is 0 Å². The van der Waals surface area contributed by atoms with E-state index in [1.165, 1.54) is 11.8 Å². The molecule has 0 unspecified atom stereocenters. The van der Waals surface area contributed by atoms with Gasteiger partial charge < -0.3 is 14.5 Å². The number of furan rings is 1. The highest BCUT2D eigenvalue weighted by molar-refractivity contribution is 8.00. The summed E-state index contributed by atoms with van der Waals surface area (Å²) in [6, 6.07) is 11.0. The van der Waals surface area contributed by atoms with Gasteiger partial charge in [-0.2, -0.15) is 4.98 Å². The number of hydrogen-bond acceptors (Lipinski definition) is 6. The molecule has 1 aromatic carbocycles. The van der Waals surface area contributed by atoms with Crippen molar-refractivity contribution in [3.8, 4) is 5.75 Å². The van der Waals surface area contributed by atoms with Gasteiger partial charge in [0.25, 0.3) is 0 Å². The minimum Gasteiger partial charge on any atom is -0.492 e. The number of para-hydroxylation sites is 2. The second kappa shape index (κ2) is 9.87. The number of nitrogens with zero attached hydrogens (tertiary/aromatic N) is 2. The van der Waals surface area contributed by atoms with E-state index >= 15 is 0 Å².